The summed E-state index contributed by atoms with van der Waals surface area (Å²) < 4.78 is 0. The Hall–Kier alpha value is -0.590. The van der Waals surface area contributed by atoms with E-state index < -0.39 is 0 Å². The first kappa shape index (κ1) is 8.51. The quantitative estimate of drug-likeness (QED) is 0.586. The van der Waals surface area contributed by atoms with Gasteiger partial charge >= 0.3 is 0 Å². The summed E-state index contributed by atoms with van der Waals surface area (Å²) in [5, 5.41) is 11.7. The lowest BCUT2D eigenvalue weighted by Crippen LogP contribution is -2.57. The highest BCUT2D eigenvalue weighted by Gasteiger charge is 2.22. The van der Waals surface area contributed by atoms with Crippen molar-refractivity contribution < 1.29 is 0 Å². The maximum absolute atomic E-state index is 8.52. The van der Waals surface area contributed by atoms with Gasteiger partial charge in [-0.2, -0.15) is 5.26 Å². The second kappa shape index (κ2) is 4.32. The van der Waals surface area contributed by atoms with Crippen LogP contribution in [0.4, 0.5) is 0 Å². The molecular weight excluding hydrogens is 138 g/mol. The first-order valence-corrected chi connectivity index (χ1v) is 4.20. The van der Waals surface area contributed by atoms with Gasteiger partial charge in [0.05, 0.1) is 12.6 Å². The van der Waals surface area contributed by atoms with Crippen molar-refractivity contribution in [1.82, 2.24) is 10.2 Å². The van der Waals surface area contributed by atoms with Crippen LogP contribution in [0.15, 0.2) is 0 Å². The molecule has 0 unspecified atom stereocenters. The van der Waals surface area contributed by atoms with Crippen LogP contribution in [0, 0.1) is 11.3 Å². The molecule has 0 radical (unpaired) electrons. The first-order chi connectivity index (χ1) is 5.38. The summed E-state index contributed by atoms with van der Waals surface area (Å²) in [6.07, 6.45) is 1.14. The zero-order valence-electron chi connectivity index (χ0n) is 7.01. The summed E-state index contributed by atoms with van der Waals surface area (Å²) in [7, 11) is 0. The molecule has 1 heterocycles. The predicted molar refractivity (Wildman–Crippen MR) is 44.1 cm³/mol. The molecule has 0 aromatic rings. The third-order valence-electron chi connectivity index (χ3n) is 2.06. The van der Waals surface area contributed by atoms with Crippen molar-refractivity contribution in [3.05, 3.63) is 0 Å². The van der Waals surface area contributed by atoms with Crippen LogP contribution in [-0.2, 0) is 0 Å². The summed E-state index contributed by atoms with van der Waals surface area (Å²) in [6.45, 7) is 5.90. The van der Waals surface area contributed by atoms with Crippen molar-refractivity contribution in [1.29, 1.82) is 5.26 Å². The largest absolute Gasteiger partial charge is 0.314 e. The second-order valence-electron chi connectivity index (χ2n) is 2.94. The molecule has 1 aliphatic heterocycles. The molecule has 0 saturated carbocycles. The Labute approximate surface area is 68.0 Å². The molecule has 0 atom stereocenters. The van der Waals surface area contributed by atoms with Crippen LogP contribution in [0.2, 0.25) is 0 Å². The smallest absolute Gasteiger partial charge is 0.0869 e. The highest BCUT2D eigenvalue weighted by Crippen LogP contribution is 2.04. The molecule has 0 aromatic heterocycles. The van der Waals surface area contributed by atoms with Crippen LogP contribution in [0.25, 0.3) is 0 Å². The number of nitrogens with one attached hydrogen (secondary N) is 1. The Morgan fingerprint density at radius 2 is 2.36 bits per heavy atom. The summed E-state index contributed by atoms with van der Waals surface area (Å²) in [4.78, 5) is 2.25. The van der Waals surface area contributed by atoms with E-state index in [4.69, 9.17) is 5.26 Å². The fourth-order valence-electron chi connectivity index (χ4n) is 1.30. The first-order valence-electron chi connectivity index (χ1n) is 4.20. The minimum absolute atomic E-state index is 0.584. The van der Waals surface area contributed by atoms with Crippen molar-refractivity contribution in [3.8, 4) is 6.07 Å². The van der Waals surface area contributed by atoms with E-state index in [1.54, 1.807) is 0 Å². The summed E-state index contributed by atoms with van der Waals surface area (Å²) in [6, 6.07) is 2.82. The molecule has 0 aromatic carbocycles. The lowest BCUT2D eigenvalue weighted by atomic mass is 10.1. The highest BCUT2D eigenvalue weighted by atomic mass is 15.2. The SMILES string of the molecule is CCCN(CC#N)C1CNC1. The third kappa shape index (κ3) is 2.18. The standard InChI is InChI=1S/C8H15N3/c1-2-4-11(5-3-9)8-6-10-7-8/h8,10H,2,4-7H2,1H3. The summed E-state index contributed by atoms with van der Waals surface area (Å²) >= 11 is 0. The zero-order valence-corrected chi connectivity index (χ0v) is 7.01. The molecule has 1 fully saturated rings. The third-order valence-corrected chi connectivity index (χ3v) is 2.06. The van der Waals surface area contributed by atoms with Gasteiger partial charge in [-0.1, -0.05) is 6.92 Å². The fraction of sp³-hybridized carbons (Fsp3) is 0.875. The average Bonchev–Trinajstić information content (AvgIpc) is 1.85. The van der Waals surface area contributed by atoms with Gasteiger partial charge in [-0.3, -0.25) is 4.90 Å². The van der Waals surface area contributed by atoms with Crippen LogP contribution in [0.1, 0.15) is 13.3 Å². The predicted octanol–water partition coefficient (Wildman–Crippen LogP) is 0.194. The highest BCUT2D eigenvalue weighted by molar-refractivity contribution is 4.88. The summed E-state index contributed by atoms with van der Waals surface area (Å²) in [5.74, 6) is 0. The molecule has 1 aliphatic rings. The Morgan fingerprint density at radius 1 is 1.64 bits per heavy atom. The minimum atomic E-state index is 0.584. The van der Waals surface area contributed by atoms with Crippen molar-refractivity contribution in [2.45, 2.75) is 19.4 Å². The van der Waals surface area contributed by atoms with Crippen molar-refractivity contribution in [2.24, 2.45) is 0 Å². The van der Waals surface area contributed by atoms with Gasteiger partial charge in [0.25, 0.3) is 0 Å². The fourth-order valence-corrected chi connectivity index (χ4v) is 1.30. The number of nitrogens with zero attached hydrogens (tertiary/aromatic N) is 2. The lowest BCUT2D eigenvalue weighted by molar-refractivity contribution is 0.163. The van der Waals surface area contributed by atoms with Gasteiger partial charge in [0, 0.05) is 19.1 Å². The van der Waals surface area contributed by atoms with E-state index in [1.165, 1.54) is 0 Å². The van der Waals surface area contributed by atoms with E-state index in [-0.39, 0.29) is 0 Å². The van der Waals surface area contributed by atoms with E-state index >= 15 is 0 Å². The number of hydrogen-bond acceptors (Lipinski definition) is 3. The molecular formula is C8H15N3. The van der Waals surface area contributed by atoms with Crippen LogP contribution in [0.3, 0.4) is 0 Å². The molecule has 1 rings (SSSR count). The number of nitriles is 1. The topological polar surface area (TPSA) is 39.1 Å². The Kier molecular flexibility index (Phi) is 3.34. The van der Waals surface area contributed by atoms with Crippen LogP contribution < -0.4 is 5.32 Å². The number of hydrogen-bond donors (Lipinski definition) is 1. The van der Waals surface area contributed by atoms with E-state index in [9.17, 15) is 0 Å². The van der Waals surface area contributed by atoms with Crippen molar-refractivity contribution in [3.63, 3.8) is 0 Å². The van der Waals surface area contributed by atoms with Gasteiger partial charge in [0.15, 0.2) is 0 Å². The van der Waals surface area contributed by atoms with Crippen LogP contribution in [0.5, 0.6) is 0 Å². The van der Waals surface area contributed by atoms with Gasteiger partial charge in [0.1, 0.15) is 0 Å². The molecule has 0 aliphatic carbocycles. The maximum atomic E-state index is 8.52. The monoisotopic (exact) mass is 153 g/mol. The van der Waals surface area contributed by atoms with Gasteiger partial charge in [-0.15, -0.1) is 0 Å². The van der Waals surface area contributed by atoms with Crippen LogP contribution >= 0.6 is 0 Å². The Balaban J connectivity index is 2.26. The van der Waals surface area contributed by atoms with Gasteiger partial charge in [-0.05, 0) is 13.0 Å². The summed E-state index contributed by atoms with van der Waals surface area (Å²) in [5.41, 5.74) is 0. The molecule has 11 heavy (non-hydrogen) atoms. The van der Waals surface area contributed by atoms with Crippen molar-refractivity contribution in [2.75, 3.05) is 26.2 Å². The van der Waals surface area contributed by atoms with Gasteiger partial charge < -0.3 is 5.32 Å². The molecule has 3 nitrogen and oxygen atoms in total. The molecule has 0 amide bonds. The normalized spacial score (nSPS) is 17.9. The molecule has 3 heteroatoms. The second-order valence-corrected chi connectivity index (χ2v) is 2.94. The molecule has 0 bridgehead atoms. The molecule has 0 spiro atoms. The van der Waals surface area contributed by atoms with E-state index in [2.05, 4.69) is 23.2 Å². The van der Waals surface area contributed by atoms with Gasteiger partial charge in [-0.25, -0.2) is 0 Å². The van der Waals surface area contributed by atoms with E-state index in [0.29, 0.717) is 12.6 Å². The number of rotatable bonds is 4. The molecule has 1 saturated heterocycles. The van der Waals surface area contributed by atoms with E-state index in [1.807, 2.05) is 0 Å². The maximum Gasteiger partial charge on any atom is 0.0869 e. The molecule has 1 N–H and O–H groups in total. The molecule has 62 valence electrons. The lowest BCUT2D eigenvalue weighted by Gasteiger charge is -2.36. The minimum Gasteiger partial charge on any atom is -0.314 e. The Bertz CT molecular complexity index is 146. The zero-order chi connectivity index (χ0) is 8.10. The van der Waals surface area contributed by atoms with Crippen LogP contribution in [-0.4, -0.2) is 37.1 Å². The van der Waals surface area contributed by atoms with E-state index in [0.717, 1.165) is 26.1 Å². The van der Waals surface area contributed by atoms with Gasteiger partial charge in [0.2, 0.25) is 0 Å². The Morgan fingerprint density at radius 3 is 2.73 bits per heavy atom. The van der Waals surface area contributed by atoms with Crippen molar-refractivity contribution >= 4 is 0 Å². The average molecular weight is 153 g/mol.